The predicted octanol–water partition coefficient (Wildman–Crippen LogP) is 2.53. The van der Waals surface area contributed by atoms with Gasteiger partial charge in [-0.3, -0.25) is 9.36 Å². The van der Waals surface area contributed by atoms with E-state index in [1.54, 1.807) is 10.6 Å². The zero-order valence-electron chi connectivity index (χ0n) is 16.9. The van der Waals surface area contributed by atoms with Gasteiger partial charge in [0.05, 0.1) is 39.6 Å². The first-order chi connectivity index (χ1) is 13.5. The number of benzene rings is 2. The van der Waals surface area contributed by atoms with E-state index in [4.69, 9.17) is 14.2 Å². The molecule has 148 valence electrons. The van der Waals surface area contributed by atoms with E-state index in [2.05, 4.69) is 22.0 Å². The van der Waals surface area contributed by atoms with Crippen LogP contribution in [-0.4, -0.2) is 49.9 Å². The Morgan fingerprint density at radius 3 is 2.18 bits per heavy atom. The first-order valence-corrected chi connectivity index (χ1v) is 8.89. The number of ether oxygens (including phenoxy) is 3. The zero-order valence-corrected chi connectivity index (χ0v) is 16.9. The second-order valence-electron chi connectivity index (χ2n) is 6.77. The molecule has 0 bridgehead atoms. The highest BCUT2D eigenvalue weighted by Crippen LogP contribution is 2.41. The molecule has 0 N–H and O–H groups in total. The highest BCUT2D eigenvalue weighted by molar-refractivity contribution is 5.89. The lowest BCUT2D eigenvalue weighted by Gasteiger charge is -2.15. The highest BCUT2D eigenvalue weighted by atomic mass is 16.5. The van der Waals surface area contributed by atoms with Crippen molar-refractivity contribution in [1.82, 2.24) is 14.5 Å². The van der Waals surface area contributed by atoms with E-state index in [-0.39, 0.29) is 5.56 Å². The van der Waals surface area contributed by atoms with Gasteiger partial charge in [0.25, 0.3) is 5.56 Å². The summed E-state index contributed by atoms with van der Waals surface area (Å²) in [7, 11) is 8.62. The average Bonchev–Trinajstić information content (AvgIpc) is 2.69. The molecule has 0 spiro atoms. The van der Waals surface area contributed by atoms with Crippen molar-refractivity contribution in [1.29, 1.82) is 0 Å². The standard InChI is InChI=1S/C21H25N3O4/c1-23(2)11-14-6-8-15(9-7-14)12-24-13-22-18-16(21(24)25)10-17(26-3)19(27-4)20(18)28-5/h6-10,13H,11-12H2,1-5H3. The molecular weight excluding hydrogens is 358 g/mol. The van der Waals surface area contributed by atoms with Gasteiger partial charge in [-0.05, 0) is 31.3 Å². The summed E-state index contributed by atoms with van der Waals surface area (Å²) in [6.45, 7) is 1.31. The smallest absolute Gasteiger partial charge is 0.261 e. The Hall–Kier alpha value is -3.06. The van der Waals surface area contributed by atoms with Crippen LogP contribution in [0.25, 0.3) is 10.9 Å². The molecule has 1 aromatic heterocycles. The molecule has 1 heterocycles. The molecule has 0 fully saturated rings. The maximum atomic E-state index is 13.0. The minimum Gasteiger partial charge on any atom is -0.493 e. The highest BCUT2D eigenvalue weighted by Gasteiger charge is 2.19. The van der Waals surface area contributed by atoms with Crippen LogP contribution in [0.4, 0.5) is 0 Å². The van der Waals surface area contributed by atoms with Crippen LogP contribution in [0.1, 0.15) is 11.1 Å². The van der Waals surface area contributed by atoms with E-state index in [0.29, 0.717) is 34.7 Å². The second kappa shape index (κ2) is 8.31. The van der Waals surface area contributed by atoms with Gasteiger partial charge < -0.3 is 19.1 Å². The molecule has 3 rings (SSSR count). The summed E-state index contributed by atoms with van der Waals surface area (Å²) >= 11 is 0. The van der Waals surface area contributed by atoms with Crippen molar-refractivity contribution in [3.05, 3.63) is 58.1 Å². The van der Waals surface area contributed by atoms with Crippen LogP contribution in [0.2, 0.25) is 0 Å². The molecular formula is C21H25N3O4. The fraction of sp³-hybridized carbons (Fsp3) is 0.333. The van der Waals surface area contributed by atoms with Gasteiger partial charge >= 0.3 is 0 Å². The SMILES string of the molecule is COc1cc2c(=O)n(Cc3ccc(CN(C)C)cc3)cnc2c(OC)c1OC. The van der Waals surface area contributed by atoms with Crippen molar-refractivity contribution in [2.75, 3.05) is 35.4 Å². The van der Waals surface area contributed by atoms with E-state index in [9.17, 15) is 4.79 Å². The zero-order chi connectivity index (χ0) is 20.3. The summed E-state index contributed by atoms with van der Waals surface area (Å²) in [4.78, 5) is 19.6. The lowest BCUT2D eigenvalue weighted by Crippen LogP contribution is -2.21. The molecule has 0 aliphatic rings. The van der Waals surface area contributed by atoms with E-state index < -0.39 is 0 Å². The number of fused-ring (bicyclic) bond motifs is 1. The van der Waals surface area contributed by atoms with Crippen molar-refractivity contribution in [2.45, 2.75) is 13.1 Å². The lowest BCUT2D eigenvalue weighted by atomic mass is 10.1. The van der Waals surface area contributed by atoms with Crippen LogP contribution in [-0.2, 0) is 13.1 Å². The monoisotopic (exact) mass is 383 g/mol. The Kier molecular flexibility index (Phi) is 5.84. The third-order valence-corrected chi connectivity index (χ3v) is 4.50. The van der Waals surface area contributed by atoms with Crippen LogP contribution in [0, 0.1) is 0 Å². The fourth-order valence-electron chi connectivity index (χ4n) is 3.19. The van der Waals surface area contributed by atoms with E-state index in [0.717, 1.165) is 12.1 Å². The van der Waals surface area contributed by atoms with Gasteiger partial charge in [-0.1, -0.05) is 24.3 Å². The average molecular weight is 383 g/mol. The van der Waals surface area contributed by atoms with Gasteiger partial charge in [0, 0.05) is 6.54 Å². The van der Waals surface area contributed by atoms with Gasteiger partial charge in [-0.15, -0.1) is 0 Å². The maximum Gasteiger partial charge on any atom is 0.261 e. The largest absolute Gasteiger partial charge is 0.493 e. The third-order valence-electron chi connectivity index (χ3n) is 4.50. The number of aromatic nitrogens is 2. The van der Waals surface area contributed by atoms with Crippen LogP contribution in [0.5, 0.6) is 17.2 Å². The summed E-state index contributed by atoms with van der Waals surface area (Å²) in [6, 6.07) is 9.86. The third kappa shape index (κ3) is 3.80. The van der Waals surface area contributed by atoms with Gasteiger partial charge in [0.15, 0.2) is 11.5 Å². The summed E-state index contributed by atoms with van der Waals surface area (Å²) in [5.41, 5.74) is 2.53. The molecule has 2 aromatic carbocycles. The molecule has 0 unspecified atom stereocenters. The molecule has 7 heteroatoms. The van der Waals surface area contributed by atoms with Crippen molar-refractivity contribution < 1.29 is 14.2 Å². The molecule has 28 heavy (non-hydrogen) atoms. The molecule has 0 saturated carbocycles. The Balaban J connectivity index is 2.01. The molecule has 7 nitrogen and oxygen atoms in total. The first-order valence-electron chi connectivity index (χ1n) is 8.89. The molecule has 0 atom stereocenters. The van der Waals surface area contributed by atoms with Crippen LogP contribution in [0.15, 0.2) is 41.5 Å². The van der Waals surface area contributed by atoms with E-state index in [1.165, 1.54) is 33.2 Å². The lowest BCUT2D eigenvalue weighted by molar-refractivity contribution is 0.326. The fourth-order valence-corrected chi connectivity index (χ4v) is 3.19. The molecule has 0 aliphatic carbocycles. The summed E-state index contributed by atoms with van der Waals surface area (Å²) in [5.74, 6) is 1.23. The van der Waals surface area contributed by atoms with Gasteiger partial charge in [-0.2, -0.15) is 0 Å². The van der Waals surface area contributed by atoms with Crippen molar-refractivity contribution in [3.8, 4) is 17.2 Å². The Bertz CT molecular complexity index is 1030. The summed E-state index contributed by atoms with van der Waals surface area (Å²) in [6.07, 6.45) is 1.53. The van der Waals surface area contributed by atoms with Gasteiger partial charge in [-0.25, -0.2) is 4.98 Å². The van der Waals surface area contributed by atoms with Gasteiger partial charge in [0.2, 0.25) is 5.75 Å². The number of rotatable bonds is 7. The maximum absolute atomic E-state index is 13.0. The first kappa shape index (κ1) is 19.7. The normalized spacial score (nSPS) is 11.1. The Labute approximate surface area is 164 Å². The molecule has 0 radical (unpaired) electrons. The number of nitrogens with zero attached hydrogens (tertiary/aromatic N) is 3. The minimum atomic E-state index is -0.165. The van der Waals surface area contributed by atoms with Crippen LogP contribution < -0.4 is 19.8 Å². The Morgan fingerprint density at radius 2 is 1.61 bits per heavy atom. The number of hydrogen-bond donors (Lipinski definition) is 0. The van der Waals surface area contributed by atoms with Crippen LogP contribution >= 0.6 is 0 Å². The molecule has 0 aliphatic heterocycles. The quantitative estimate of drug-likeness (QED) is 0.625. The van der Waals surface area contributed by atoms with E-state index in [1.807, 2.05) is 26.2 Å². The number of methoxy groups -OCH3 is 3. The van der Waals surface area contributed by atoms with Crippen LogP contribution in [0.3, 0.4) is 0 Å². The summed E-state index contributed by atoms with van der Waals surface area (Å²) in [5, 5.41) is 0.418. The van der Waals surface area contributed by atoms with Gasteiger partial charge in [0.1, 0.15) is 5.52 Å². The van der Waals surface area contributed by atoms with Crippen molar-refractivity contribution in [2.24, 2.45) is 0 Å². The number of hydrogen-bond acceptors (Lipinski definition) is 6. The van der Waals surface area contributed by atoms with Crippen molar-refractivity contribution >= 4 is 10.9 Å². The second-order valence-corrected chi connectivity index (χ2v) is 6.77. The summed E-state index contributed by atoms with van der Waals surface area (Å²) < 4.78 is 17.7. The minimum absolute atomic E-state index is 0.165. The topological polar surface area (TPSA) is 65.8 Å². The Morgan fingerprint density at radius 1 is 0.964 bits per heavy atom. The van der Waals surface area contributed by atoms with E-state index >= 15 is 0 Å². The molecule has 0 amide bonds. The molecule has 3 aromatic rings. The van der Waals surface area contributed by atoms with Crippen molar-refractivity contribution in [3.63, 3.8) is 0 Å². The predicted molar refractivity (Wildman–Crippen MR) is 109 cm³/mol. The molecule has 0 saturated heterocycles.